The Kier molecular flexibility index (Phi) is 9.00. The molecule has 0 saturated carbocycles. The number of alkyl halides is 2. The molecule has 0 aromatic rings. The lowest BCUT2D eigenvalue weighted by molar-refractivity contribution is -0.0219. The normalized spacial score (nSPS) is 19.2. The minimum absolute atomic E-state index is 0. The molecule has 0 bridgehead atoms. The van der Waals surface area contributed by atoms with Crippen LogP contribution in [-0.2, 0) is 0 Å². The van der Waals surface area contributed by atoms with Gasteiger partial charge in [-0.05, 0) is 38.4 Å². The van der Waals surface area contributed by atoms with Gasteiger partial charge in [-0.2, -0.15) is 0 Å². The first-order valence-electron chi connectivity index (χ1n) is 4.81. The summed E-state index contributed by atoms with van der Waals surface area (Å²) in [6, 6.07) is 0. The van der Waals surface area contributed by atoms with Crippen molar-refractivity contribution >= 4 is 24.8 Å². The summed E-state index contributed by atoms with van der Waals surface area (Å²) < 4.78 is 25.2. The van der Waals surface area contributed by atoms with Gasteiger partial charge in [0.1, 0.15) is 0 Å². The van der Waals surface area contributed by atoms with Crippen molar-refractivity contribution in [3.05, 3.63) is 0 Å². The van der Waals surface area contributed by atoms with Gasteiger partial charge in [-0.1, -0.05) is 0 Å². The van der Waals surface area contributed by atoms with Crippen LogP contribution in [-0.4, -0.2) is 37.0 Å². The maximum atomic E-state index is 12.6. The Bertz CT molecular complexity index is 157. The van der Waals surface area contributed by atoms with E-state index < -0.39 is 5.92 Å². The molecule has 1 aliphatic heterocycles. The first-order valence-corrected chi connectivity index (χ1v) is 4.81. The number of likely N-dealkylation sites (tertiary alicyclic amines) is 1. The lowest BCUT2D eigenvalue weighted by Crippen LogP contribution is -2.41. The molecule has 1 heterocycles. The number of hydrogen-bond acceptors (Lipinski definition) is 2. The number of hydrogen-bond donors (Lipinski definition) is 1. The summed E-state index contributed by atoms with van der Waals surface area (Å²) in [5.74, 6) is -2.02. The van der Waals surface area contributed by atoms with Gasteiger partial charge in [0.15, 0.2) is 0 Å². The van der Waals surface area contributed by atoms with Gasteiger partial charge in [-0.25, -0.2) is 8.78 Å². The predicted octanol–water partition coefficient (Wildman–Crippen LogP) is 2.16. The Hall–Kier alpha value is 0.360. The largest absolute Gasteiger partial charge is 0.330 e. The van der Waals surface area contributed by atoms with E-state index in [1.54, 1.807) is 0 Å². The highest BCUT2D eigenvalue weighted by atomic mass is 35.5. The molecule has 1 saturated heterocycles. The molecular formula is C9H20Cl2F2N2. The summed E-state index contributed by atoms with van der Waals surface area (Å²) in [4.78, 5) is 1.83. The van der Waals surface area contributed by atoms with Crippen LogP contribution < -0.4 is 5.73 Å². The second kappa shape index (κ2) is 7.60. The molecule has 2 nitrogen and oxygen atoms in total. The monoisotopic (exact) mass is 264 g/mol. The smallest absolute Gasteiger partial charge is 0.257 e. The van der Waals surface area contributed by atoms with Crippen LogP contribution in [0.15, 0.2) is 0 Å². The standard InChI is InChI=1S/C9H18F2N2.2ClH/c1-9(10,11)7-13-4-2-8(6-12)3-5-13;;/h8H,2-7,12H2,1H3;2*1H. The summed E-state index contributed by atoms with van der Waals surface area (Å²) >= 11 is 0. The maximum Gasteiger partial charge on any atom is 0.257 e. The highest BCUT2D eigenvalue weighted by Crippen LogP contribution is 2.20. The minimum atomic E-state index is -2.56. The van der Waals surface area contributed by atoms with Crippen molar-refractivity contribution in [3.63, 3.8) is 0 Å². The van der Waals surface area contributed by atoms with Gasteiger partial charge < -0.3 is 5.73 Å². The van der Waals surface area contributed by atoms with E-state index in [2.05, 4.69) is 0 Å². The van der Waals surface area contributed by atoms with Gasteiger partial charge in [-0.3, -0.25) is 4.90 Å². The third kappa shape index (κ3) is 7.28. The van der Waals surface area contributed by atoms with Gasteiger partial charge in [0.25, 0.3) is 5.92 Å². The molecule has 0 amide bonds. The Morgan fingerprint density at radius 2 is 1.73 bits per heavy atom. The fraction of sp³-hybridized carbons (Fsp3) is 1.00. The van der Waals surface area contributed by atoms with Gasteiger partial charge in [-0.15, -0.1) is 24.8 Å². The molecule has 15 heavy (non-hydrogen) atoms. The average Bonchev–Trinajstić information content (AvgIpc) is 2.03. The van der Waals surface area contributed by atoms with Crippen molar-refractivity contribution in [3.8, 4) is 0 Å². The number of rotatable bonds is 3. The molecule has 2 N–H and O–H groups in total. The Morgan fingerprint density at radius 3 is 2.07 bits per heavy atom. The summed E-state index contributed by atoms with van der Waals surface area (Å²) in [6.07, 6.45) is 1.93. The molecule has 94 valence electrons. The highest BCUT2D eigenvalue weighted by molar-refractivity contribution is 5.85. The Morgan fingerprint density at radius 1 is 1.27 bits per heavy atom. The van der Waals surface area contributed by atoms with Crippen molar-refractivity contribution in [1.29, 1.82) is 0 Å². The fourth-order valence-corrected chi connectivity index (χ4v) is 1.77. The number of nitrogens with zero attached hydrogens (tertiary/aromatic N) is 1. The second-order valence-electron chi connectivity index (χ2n) is 4.03. The van der Waals surface area contributed by atoms with E-state index in [1.165, 1.54) is 0 Å². The Labute approximate surface area is 102 Å². The van der Waals surface area contributed by atoms with E-state index in [0.717, 1.165) is 32.9 Å². The van der Waals surface area contributed by atoms with Crippen molar-refractivity contribution < 1.29 is 8.78 Å². The molecule has 1 fully saturated rings. The topological polar surface area (TPSA) is 29.3 Å². The van der Waals surface area contributed by atoms with E-state index >= 15 is 0 Å². The van der Waals surface area contributed by atoms with E-state index in [4.69, 9.17) is 5.73 Å². The van der Waals surface area contributed by atoms with Crippen LogP contribution in [0.2, 0.25) is 0 Å². The molecule has 1 rings (SSSR count). The van der Waals surface area contributed by atoms with Gasteiger partial charge in [0, 0.05) is 6.92 Å². The predicted molar refractivity (Wildman–Crippen MR) is 63.3 cm³/mol. The number of halogens is 4. The molecule has 1 aliphatic rings. The second-order valence-corrected chi connectivity index (χ2v) is 4.03. The first-order chi connectivity index (χ1) is 6.01. The molecule has 0 spiro atoms. The maximum absolute atomic E-state index is 12.6. The lowest BCUT2D eigenvalue weighted by atomic mass is 9.97. The van der Waals surface area contributed by atoms with E-state index in [1.807, 2.05) is 4.90 Å². The van der Waals surface area contributed by atoms with Gasteiger partial charge >= 0.3 is 0 Å². The van der Waals surface area contributed by atoms with Crippen molar-refractivity contribution in [2.45, 2.75) is 25.7 Å². The van der Waals surface area contributed by atoms with Crippen LogP contribution in [0.25, 0.3) is 0 Å². The van der Waals surface area contributed by atoms with Crippen molar-refractivity contribution in [2.24, 2.45) is 11.7 Å². The van der Waals surface area contributed by atoms with Gasteiger partial charge in [0.05, 0.1) is 6.54 Å². The third-order valence-electron chi connectivity index (χ3n) is 2.54. The molecule has 0 unspecified atom stereocenters. The first kappa shape index (κ1) is 17.7. The van der Waals surface area contributed by atoms with Crippen LogP contribution in [0.1, 0.15) is 19.8 Å². The quantitative estimate of drug-likeness (QED) is 0.847. The number of piperidine rings is 1. The van der Waals surface area contributed by atoms with Crippen LogP contribution >= 0.6 is 24.8 Å². The molecule has 0 radical (unpaired) electrons. The average molecular weight is 265 g/mol. The fourth-order valence-electron chi connectivity index (χ4n) is 1.77. The summed E-state index contributed by atoms with van der Waals surface area (Å²) in [6.45, 7) is 3.10. The molecule has 0 aliphatic carbocycles. The van der Waals surface area contributed by atoms with Crippen LogP contribution in [0.3, 0.4) is 0 Å². The van der Waals surface area contributed by atoms with Crippen LogP contribution in [0.5, 0.6) is 0 Å². The molecule has 0 aromatic heterocycles. The van der Waals surface area contributed by atoms with Crippen molar-refractivity contribution in [1.82, 2.24) is 4.90 Å². The molecule has 0 atom stereocenters. The van der Waals surface area contributed by atoms with Crippen molar-refractivity contribution in [2.75, 3.05) is 26.2 Å². The van der Waals surface area contributed by atoms with Crippen LogP contribution in [0.4, 0.5) is 8.78 Å². The summed E-state index contributed by atoms with van der Waals surface area (Å²) in [7, 11) is 0. The van der Waals surface area contributed by atoms with E-state index in [-0.39, 0.29) is 31.4 Å². The molecule has 0 aromatic carbocycles. The van der Waals surface area contributed by atoms with Crippen LogP contribution in [0, 0.1) is 5.92 Å². The Balaban J connectivity index is 0. The summed E-state index contributed by atoms with van der Waals surface area (Å²) in [5, 5.41) is 0. The lowest BCUT2D eigenvalue weighted by Gasteiger charge is -2.32. The molecule has 6 heteroatoms. The summed E-state index contributed by atoms with van der Waals surface area (Å²) in [5.41, 5.74) is 5.51. The zero-order valence-corrected chi connectivity index (χ0v) is 10.5. The third-order valence-corrected chi connectivity index (χ3v) is 2.54. The zero-order valence-electron chi connectivity index (χ0n) is 8.92. The van der Waals surface area contributed by atoms with Gasteiger partial charge in [0.2, 0.25) is 0 Å². The zero-order chi connectivity index (χ0) is 9.90. The SMILES string of the molecule is CC(F)(F)CN1CCC(CN)CC1.Cl.Cl. The minimum Gasteiger partial charge on any atom is -0.330 e. The van der Waals surface area contributed by atoms with E-state index in [9.17, 15) is 8.78 Å². The van der Waals surface area contributed by atoms with E-state index in [0.29, 0.717) is 12.5 Å². The highest BCUT2D eigenvalue weighted by Gasteiger charge is 2.27. The molecular weight excluding hydrogens is 245 g/mol. The number of nitrogens with two attached hydrogens (primary N) is 1.